The summed E-state index contributed by atoms with van der Waals surface area (Å²) in [6.07, 6.45) is -0.374. The molecule has 2 aromatic carbocycles. The number of hydrogen-bond donors (Lipinski definition) is 2. The minimum Gasteiger partial charge on any atom is -0.380 e. The first-order valence-electron chi connectivity index (χ1n) is 6.86. The largest absolute Gasteiger partial charge is 0.380 e. The number of ketones is 1. The molecule has 0 saturated heterocycles. The van der Waals surface area contributed by atoms with Gasteiger partial charge in [-0.05, 0) is 36.6 Å². The Bertz CT molecular complexity index is 759. The van der Waals surface area contributed by atoms with Gasteiger partial charge in [0, 0.05) is 5.56 Å². The van der Waals surface area contributed by atoms with Crippen LogP contribution in [-0.4, -0.2) is 30.1 Å². The van der Waals surface area contributed by atoms with Crippen LogP contribution in [0.5, 0.6) is 0 Å². The highest BCUT2D eigenvalue weighted by Crippen LogP contribution is 2.19. The molecular formula is C17H20O5S. The Kier molecular flexibility index (Phi) is 6.62. The maximum absolute atomic E-state index is 12.2. The molecule has 0 aliphatic carbocycles. The van der Waals surface area contributed by atoms with E-state index in [2.05, 4.69) is 0 Å². The molecule has 5 nitrogen and oxygen atoms in total. The van der Waals surface area contributed by atoms with Crippen LogP contribution in [0.3, 0.4) is 0 Å². The number of Topliss-reactive ketones (excluding diaryl/α,β-unsaturated/α-hetero) is 1. The van der Waals surface area contributed by atoms with Crippen molar-refractivity contribution >= 4 is 15.9 Å². The van der Waals surface area contributed by atoms with Gasteiger partial charge >= 0.3 is 0 Å². The lowest BCUT2D eigenvalue weighted by Crippen LogP contribution is -2.12. The van der Waals surface area contributed by atoms with Gasteiger partial charge < -0.3 is 5.11 Å². The van der Waals surface area contributed by atoms with Crippen LogP contribution in [0, 0.1) is 13.8 Å². The molecular weight excluding hydrogens is 316 g/mol. The molecule has 0 aromatic heterocycles. The molecule has 2 N–H and O–H groups in total. The van der Waals surface area contributed by atoms with Crippen molar-refractivity contribution in [3.63, 3.8) is 0 Å². The van der Waals surface area contributed by atoms with Crippen molar-refractivity contribution in [2.75, 3.05) is 6.26 Å². The van der Waals surface area contributed by atoms with Gasteiger partial charge in [-0.2, -0.15) is 8.42 Å². The van der Waals surface area contributed by atoms with E-state index in [0.717, 1.165) is 11.1 Å². The second kappa shape index (κ2) is 8.01. The normalized spacial score (nSPS) is 12.0. The molecule has 0 amide bonds. The summed E-state index contributed by atoms with van der Waals surface area (Å²) in [6.45, 7) is 3.96. The van der Waals surface area contributed by atoms with Crippen LogP contribution in [0.1, 0.15) is 33.2 Å². The number of aliphatic hydroxyl groups excluding tert-OH is 1. The fraction of sp³-hybridized carbons (Fsp3) is 0.235. The van der Waals surface area contributed by atoms with Crippen LogP contribution < -0.4 is 0 Å². The predicted molar refractivity (Wildman–Crippen MR) is 89.1 cm³/mol. The van der Waals surface area contributed by atoms with Crippen LogP contribution in [0.15, 0.2) is 48.5 Å². The quantitative estimate of drug-likeness (QED) is 0.664. The molecule has 23 heavy (non-hydrogen) atoms. The van der Waals surface area contributed by atoms with E-state index in [1.807, 2.05) is 44.2 Å². The number of carbonyl (C=O) groups excluding carboxylic acids is 1. The van der Waals surface area contributed by atoms with Crippen molar-refractivity contribution in [2.24, 2.45) is 0 Å². The summed E-state index contributed by atoms with van der Waals surface area (Å²) >= 11 is 0. The third kappa shape index (κ3) is 6.73. The van der Waals surface area contributed by atoms with Gasteiger partial charge in [0.25, 0.3) is 10.1 Å². The molecule has 0 bridgehead atoms. The van der Waals surface area contributed by atoms with E-state index in [1.54, 1.807) is 18.2 Å². The first-order chi connectivity index (χ1) is 10.6. The maximum Gasteiger partial charge on any atom is 0.261 e. The van der Waals surface area contributed by atoms with Crippen LogP contribution in [-0.2, 0) is 10.1 Å². The maximum atomic E-state index is 12.2. The van der Waals surface area contributed by atoms with Gasteiger partial charge in [0.15, 0.2) is 5.78 Å². The number of hydrogen-bond acceptors (Lipinski definition) is 4. The molecule has 124 valence electrons. The Morgan fingerprint density at radius 1 is 1.00 bits per heavy atom. The van der Waals surface area contributed by atoms with Crippen LogP contribution >= 0.6 is 0 Å². The molecule has 0 aliphatic rings. The van der Waals surface area contributed by atoms with E-state index >= 15 is 0 Å². The highest BCUT2D eigenvalue weighted by molar-refractivity contribution is 7.85. The second-order valence-corrected chi connectivity index (χ2v) is 6.68. The number of aryl methyl sites for hydroxylation is 2. The molecule has 0 saturated carbocycles. The van der Waals surface area contributed by atoms with Gasteiger partial charge in [0.05, 0.1) is 6.26 Å². The number of rotatable bonds is 3. The summed E-state index contributed by atoms with van der Waals surface area (Å²) in [5.41, 5.74) is 3.37. The monoisotopic (exact) mass is 336 g/mol. The Labute approximate surface area is 136 Å². The van der Waals surface area contributed by atoms with E-state index in [9.17, 15) is 18.3 Å². The third-order valence-corrected chi connectivity index (χ3v) is 3.16. The van der Waals surface area contributed by atoms with Gasteiger partial charge in [0.2, 0.25) is 0 Å². The summed E-state index contributed by atoms with van der Waals surface area (Å²) in [7, 11) is -3.67. The molecule has 2 aromatic rings. The van der Waals surface area contributed by atoms with Gasteiger partial charge in [-0.3, -0.25) is 9.35 Å². The Morgan fingerprint density at radius 2 is 1.52 bits per heavy atom. The van der Waals surface area contributed by atoms with Crippen LogP contribution in [0.2, 0.25) is 0 Å². The van der Waals surface area contributed by atoms with Gasteiger partial charge in [-0.25, -0.2) is 0 Å². The molecule has 0 fully saturated rings. The zero-order chi connectivity index (χ0) is 17.6. The fourth-order valence-corrected chi connectivity index (χ4v) is 1.84. The van der Waals surface area contributed by atoms with E-state index in [1.165, 1.54) is 0 Å². The minimum absolute atomic E-state index is 0.260. The molecule has 2 rings (SSSR count). The molecule has 0 spiro atoms. The molecule has 0 aliphatic heterocycles. The predicted octanol–water partition coefficient (Wildman–Crippen LogP) is 2.72. The molecule has 1 atom stereocenters. The molecule has 0 heterocycles. The highest BCUT2D eigenvalue weighted by atomic mass is 32.2. The summed E-state index contributed by atoms with van der Waals surface area (Å²) < 4.78 is 25.9. The zero-order valence-corrected chi connectivity index (χ0v) is 14.0. The van der Waals surface area contributed by atoms with E-state index < -0.39 is 16.2 Å². The third-order valence-electron chi connectivity index (χ3n) is 3.16. The van der Waals surface area contributed by atoms with Crippen molar-refractivity contribution in [1.82, 2.24) is 0 Å². The van der Waals surface area contributed by atoms with E-state index in [0.29, 0.717) is 17.4 Å². The molecule has 6 heteroatoms. The average Bonchev–Trinajstić information content (AvgIpc) is 2.48. The first kappa shape index (κ1) is 19.0. The lowest BCUT2D eigenvalue weighted by molar-refractivity contribution is 0.0747. The fourth-order valence-electron chi connectivity index (χ4n) is 1.84. The number of aliphatic hydroxyl groups is 1. The van der Waals surface area contributed by atoms with E-state index in [4.69, 9.17) is 4.55 Å². The molecule has 1 unspecified atom stereocenters. The molecule has 0 radical (unpaired) electrons. The summed E-state index contributed by atoms with van der Waals surface area (Å²) in [5.74, 6) is -0.260. The Balaban J connectivity index is 0.000000463. The summed E-state index contributed by atoms with van der Waals surface area (Å²) in [4.78, 5) is 12.2. The van der Waals surface area contributed by atoms with Crippen molar-refractivity contribution in [2.45, 2.75) is 20.0 Å². The number of benzene rings is 2. The average molecular weight is 336 g/mol. The first-order valence-corrected chi connectivity index (χ1v) is 8.71. The van der Waals surface area contributed by atoms with Crippen molar-refractivity contribution in [1.29, 1.82) is 0 Å². The highest BCUT2D eigenvalue weighted by Gasteiger charge is 2.19. The Hall–Kier alpha value is -2.02. The van der Waals surface area contributed by atoms with Gasteiger partial charge in [0.1, 0.15) is 6.10 Å². The van der Waals surface area contributed by atoms with Crippen LogP contribution in [0.25, 0.3) is 0 Å². The number of carbonyl (C=O) groups is 1. The van der Waals surface area contributed by atoms with Gasteiger partial charge in [-0.15, -0.1) is 0 Å². The summed E-state index contributed by atoms with van der Waals surface area (Å²) in [6, 6.07) is 14.5. The lowest BCUT2D eigenvalue weighted by atomic mass is 9.97. The van der Waals surface area contributed by atoms with Gasteiger partial charge in [-0.1, -0.05) is 42.5 Å². The minimum atomic E-state index is -3.67. The topological polar surface area (TPSA) is 91.7 Å². The second-order valence-electron chi connectivity index (χ2n) is 5.21. The summed E-state index contributed by atoms with van der Waals surface area (Å²) in [5, 5.41) is 10.1. The lowest BCUT2D eigenvalue weighted by Gasteiger charge is -2.11. The SMILES string of the molecule is CS(=O)(=O)O.Cc1ccc(C(=O)C(O)c2ccccc2)cc1C. The van der Waals surface area contributed by atoms with Crippen LogP contribution in [0.4, 0.5) is 0 Å². The zero-order valence-electron chi connectivity index (χ0n) is 13.2. The van der Waals surface area contributed by atoms with E-state index in [-0.39, 0.29) is 5.78 Å². The smallest absolute Gasteiger partial charge is 0.261 e. The van der Waals surface area contributed by atoms with Crippen molar-refractivity contribution in [3.8, 4) is 0 Å². The van der Waals surface area contributed by atoms with Crippen molar-refractivity contribution in [3.05, 3.63) is 70.8 Å². The Morgan fingerprint density at radius 3 is 2.00 bits per heavy atom. The van der Waals surface area contributed by atoms with Crippen molar-refractivity contribution < 1.29 is 22.9 Å². The standard InChI is InChI=1S/C16H16O2.CH4O3S/c1-11-8-9-14(10-12(11)2)16(18)15(17)13-6-4-3-5-7-13;1-5(2,3)4/h3-10,15,17H,1-2H3;1H3,(H,2,3,4).